The molecule has 0 amide bonds. The van der Waals surface area contributed by atoms with Crippen molar-refractivity contribution in [3.8, 4) is 0 Å². The van der Waals surface area contributed by atoms with Crippen molar-refractivity contribution in [2.45, 2.75) is 30.8 Å². The summed E-state index contributed by atoms with van der Waals surface area (Å²) in [6.45, 7) is 1.93. The van der Waals surface area contributed by atoms with E-state index in [1.807, 2.05) is 0 Å². The monoisotopic (exact) mass is 364 g/mol. The summed E-state index contributed by atoms with van der Waals surface area (Å²) in [4.78, 5) is 15.9. The van der Waals surface area contributed by atoms with E-state index in [0.29, 0.717) is 0 Å². The van der Waals surface area contributed by atoms with Crippen LogP contribution in [-0.2, 0) is 26.1 Å². The highest BCUT2D eigenvalue weighted by atomic mass is 32.2. The van der Waals surface area contributed by atoms with Crippen molar-refractivity contribution >= 4 is 16.0 Å². The Kier molecular flexibility index (Phi) is 4.82. The zero-order chi connectivity index (χ0) is 18.0. The number of hydrogen-bond donors (Lipinski definition) is 0. The number of hydrogen-bond acceptors (Lipinski definition) is 5. The van der Waals surface area contributed by atoms with Crippen LogP contribution in [-0.4, -0.2) is 30.3 Å². The van der Waals surface area contributed by atoms with Crippen LogP contribution in [0.4, 0.5) is 4.39 Å². The number of benzene rings is 1. The number of pyridine rings is 1. The van der Waals surface area contributed by atoms with Crippen LogP contribution in [0.3, 0.4) is 0 Å². The van der Waals surface area contributed by atoms with Crippen LogP contribution >= 0.6 is 0 Å². The SMILES string of the molecule is CCOC(=O)C[C@H]1c2cc(F)ccc2S(=O)(=O)N1Cc1ccncc1. The highest BCUT2D eigenvalue weighted by molar-refractivity contribution is 7.89. The van der Waals surface area contributed by atoms with Crippen LogP contribution in [0.25, 0.3) is 0 Å². The molecule has 3 rings (SSSR count). The van der Waals surface area contributed by atoms with Crippen molar-refractivity contribution in [1.82, 2.24) is 9.29 Å². The number of carbonyl (C=O) groups is 1. The van der Waals surface area contributed by atoms with Gasteiger partial charge < -0.3 is 4.74 Å². The molecule has 2 aromatic rings. The van der Waals surface area contributed by atoms with Crippen LogP contribution in [0.15, 0.2) is 47.6 Å². The minimum Gasteiger partial charge on any atom is -0.466 e. The Morgan fingerprint density at radius 3 is 2.68 bits per heavy atom. The smallest absolute Gasteiger partial charge is 0.307 e. The second kappa shape index (κ2) is 6.89. The van der Waals surface area contributed by atoms with Gasteiger partial charge in [0.05, 0.1) is 24.0 Å². The molecule has 0 radical (unpaired) electrons. The van der Waals surface area contributed by atoms with Crippen molar-refractivity contribution in [2.75, 3.05) is 6.61 Å². The summed E-state index contributed by atoms with van der Waals surface area (Å²) < 4.78 is 45.6. The summed E-state index contributed by atoms with van der Waals surface area (Å²) >= 11 is 0. The first-order chi connectivity index (χ1) is 11.9. The van der Waals surface area contributed by atoms with Gasteiger partial charge in [-0.3, -0.25) is 9.78 Å². The predicted molar refractivity (Wildman–Crippen MR) is 87.4 cm³/mol. The Morgan fingerprint density at radius 1 is 1.28 bits per heavy atom. The number of fused-ring (bicyclic) bond motifs is 1. The van der Waals surface area contributed by atoms with Gasteiger partial charge in [0, 0.05) is 18.9 Å². The molecule has 0 N–H and O–H groups in total. The van der Waals surface area contributed by atoms with Crippen molar-refractivity contribution in [3.05, 3.63) is 59.7 Å². The lowest BCUT2D eigenvalue weighted by Gasteiger charge is -2.23. The molecule has 0 saturated heterocycles. The standard InChI is InChI=1S/C17H17FN2O4S/c1-2-24-17(21)10-15-14-9-13(18)3-4-16(14)25(22,23)20(15)11-12-5-7-19-8-6-12/h3-9,15H,2,10-11H2,1H3/t15-/m0/s1. The van der Waals surface area contributed by atoms with E-state index in [2.05, 4.69) is 4.98 Å². The van der Waals surface area contributed by atoms with Crippen LogP contribution in [0.1, 0.15) is 30.5 Å². The fourth-order valence-corrected chi connectivity index (χ4v) is 4.74. The molecular formula is C17H17FN2O4S. The average Bonchev–Trinajstić information content (AvgIpc) is 2.77. The maximum absolute atomic E-state index is 13.7. The summed E-state index contributed by atoms with van der Waals surface area (Å²) in [5.74, 6) is -1.08. The highest BCUT2D eigenvalue weighted by Gasteiger charge is 2.43. The Morgan fingerprint density at radius 2 is 2.00 bits per heavy atom. The summed E-state index contributed by atoms with van der Waals surface area (Å²) in [6, 6.07) is 6.10. The van der Waals surface area contributed by atoms with E-state index in [-0.39, 0.29) is 30.0 Å². The van der Waals surface area contributed by atoms with Crippen LogP contribution < -0.4 is 0 Å². The molecule has 1 aliphatic heterocycles. The molecule has 25 heavy (non-hydrogen) atoms. The van der Waals surface area contributed by atoms with Gasteiger partial charge in [-0.1, -0.05) is 0 Å². The summed E-state index contributed by atoms with van der Waals surface area (Å²) in [5, 5.41) is 0. The fraction of sp³-hybridized carbons (Fsp3) is 0.294. The van der Waals surface area contributed by atoms with Crippen LogP contribution in [0.5, 0.6) is 0 Å². The van der Waals surface area contributed by atoms with Gasteiger partial charge in [0.25, 0.3) is 0 Å². The molecule has 6 nitrogen and oxygen atoms in total. The van der Waals surface area contributed by atoms with Crippen LogP contribution in [0, 0.1) is 5.82 Å². The van der Waals surface area contributed by atoms with Crippen molar-refractivity contribution < 1.29 is 22.3 Å². The Hall–Kier alpha value is -2.32. The summed E-state index contributed by atoms with van der Waals surface area (Å²) in [7, 11) is -3.83. The highest BCUT2D eigenvalue weighted by Crippen LogP contribution is 2.42. The van der Waals surface area contributed by atoms with Crippen molar-refractivity contribution in [3.63, 3.8) is 0 Å². The minimum absolute atomic E-state index is 0.0252. The molecule has 1 aromatic carbocycles. The number of aromatic nitrogens is 1. The molecule has 0 bridgehead atoms. The third kappa shape index (κ3) is 3.40. The predicted octanol–water partition coefficient (Wildman–Crippen LogP) is 2.42. The first kappa shape index (κ1) is 17.5. The Labute approximate surface area is 145 Å². The molecular weight excluding hydrogens is 347 g/mol. The normalized spacial score (nSPS) is 18.7. The molecule has 0 aliphatic carbocycles. The third-order valence-electron chi connectivity index (χ3n) is 4.02. The molecule has 2 heterocycles. The lowest BCUT2D eigenvalue weighted by molar-refractivity contribution is -0.144. The van der Waals surface area contributed by atoms with E-state index in [4.69, 9.17) is 4.74 Å². The Balaban J connectivity index is 2.02. The lowest BCUT2D eigenvalue weighted by Crippen LogP contribution is -2.29. The molecule has 8 heteroatoms. The number of esters is 1. The van der Waals surface area contributed by atoms with E-state index in [9.17, 15) is 17.6 Å². The molecule has 0 unspecified atom stereocenters. The van der Waals surface area contributed by atoms with E-state index in [1.54, 1.807) is 31.5 Å². The number of rotatable bonds is 5. The first-order valence-corrected chi connectivity index (χ1v) is 9.23. The molecule has 132 valence electrons. The number of nitrogens with zero attached hydrogens (tertiary/aromatic N) is 2. The van der Waals surface area contributed by atoms with Gasteiger partial charge in [-0.15, -0.1) is 0 Å². The zero-order valence-corrected chi connectivity index (χ0v) is 14.4. The van der Waals surface area contributed by atoms with Gasteiger partial charge >= 0.3 is 5.97 Å². The van der Waals surface area contributed by atoms with Gasteiger partial charge in [0.15, 0.2) is 0 Å². The quantitative estimate of drug-likeness (QED) is 0.762. The second-order valence-corrected chi connectivity index (χ2v) is 7.47. The molecule has 0 saturated carbocycles. The third-order valence-corrected chi connectivity index (χ3v) is 5.95. The van der Waals surface area contributed by atoms with Gasteiger partial charge in [0.2, 0.25) is 10.0 Å². The van der Waals surface area contributed by atoms with Gasteiger partial charge in [-0.05, 0) is 48.4 Å². The van der Waals surface area contributed by atoms with Crippen molar-refractivity contribution in [2.24, 2.45) is 0 Å². The maximum atomic E-state index is 13.7. The lowest BCUT2D eigenvalue weighted by atomic mass is 10.0. The molecule has 1 aliphatic rings. The van der Waals surface area contributed by atoms with E-state index < -0.39 is 27.9 Å². The maximum Gasteiger partial charge on any atom is 0.307 e. The van der Waals surface area contributed by atoms with Gasteiger partial charge in [0.1, 0.15) is 5.82 Å². The molecule has 0 fully saturated rings. The summed E-state index contributed by atoms with van der Waals surface area (Å²) in [6.07, 6.45) is 2.95. The summed E-state index contributed by atoms with van der Waals surface area (Å²) in [5.41, 5.74) is 1.00. The molecule has 0 spiro atoms. The first-order valence-electron chi connectivity index (χ1n) is 7.79. The fourth-order valence-electron chi connectivity index (χ4n) is 2.92. The minimum atomic E-state index is -3.83. The van der Waals surface area contributed by atoms with E-state index in [1.165, 1.54) is 16.4 Å². The largest absolute Gasteiger partial charge is 0.466 e. The molecule has 1 aromatic heterocycles. The second-order valence-electron chi connectivity index (χ2n) is 5.61. The topological polar surface area (TPSA) is 76.6 Å². The zero-order valence-electron chi connectivity index (χ0n) is 13.6. The van der Waals surface area contributed by atoms with Gasteiger partial charge in [-0.2, -0.15) is 4.31 Å². The van der Waals surface area contributed by atoms with Crippen molar-refractivity contribution in [1.29, 1.82) is 0 Å². The number of sulfonamides is 1. The van der Waals surface area contributed by atoms with E-state index in [0.717, 1.165) is 11.6 Å². The average molecular weight is 364 g/mol. The number of carbonyl (C=O) groups excluding carboxylic acids is 1. The van der Waals surface area contributed by atoms with Crippen LogP contribution in [0.2, 0.25) is 0 Å². The van der Waals surface area contributed by atoms with Gasteiger partial charge in [-0.25, -0.2) is 12.8 Å². The Bertz CT molecular complexity index is 887. The molecule has 1 atom stereocenters. The number of halogens is 1. The number of ether oxygens (including phenoxy) is 1. The van der Waals surface area contributed by atoms with E-state index >= 15 is 0 Å².